The van der Waals surface area contributed by atoms with Crippen LogP contribution in [0.5, 0.6) is 0 Å². The van der Waals surface area contributed by atoms with Crippen LogP contribution in [-0.4, -0.2) is 38.4 Å². The molecule has 0 aromatic heterocycles. The minimum Gasteiger partial charge on any atom is -0.466 e. The van der Waals surface area contributed by atoms with E-state index in [1.807, 2.05) is 0 Å². The van der Waals surface area contributed by atoms with Crippen molar-refractivity contribution >= 4 is 23.4 Å². The Balaban J connectivity index is 3.05. The third-order valence-corrected chi connectivity index (χ3v) is 3.61. The molecule has 1 atom stereocenters. The minimum absolute atomic E-state index is 0.0270. The summed E-state index contributed by atoms with van der Waals surface area (Å²) in [6.45, 7) is 0. The third-order valence-electron chi connectivity index (χ3n) is 2.42. The van der Waals surface area contributed by atoms with Gasteiger partial charge in [0, 0.05) is 24.7 Å². The van der Waals surface area contributed by atoms with Gasteiger partial charge in [0.15, 0.2) is 0 Å². The molecule has 1 rings (SSSR count). The number of ether oxygens (including phenoxy) is 1. The Morgan fingerprint density at radius 2 is 1.65 bits per heavy atom. The van der Waals surface area contributed by atoms with Gasteiger partial charge in [-0.2, -0.15) is 13.2 Å². The van der Waals surface area contributed by atoms with Crippen LogP contribution in [0.15, 0.2) is 29.2 Å². The summed E-state index contributed by atoms with van der Waals surface area (Å²) in [5, 5.41) is -4.12. The average molecular weight is 311 g/mol. The van der Waals surface area contributed by atoms with Crippen LogP contribution < -0.4 is 4.90 Å². The van der Waals surface area contributed by atoms with Gasteiger partial charge >= 0.3 is 17.1 Å². The molecule has 0 aliphatic rings. The molecule has 0 bridgehead atoms. The molecular formula is C12H13F4NO2S. The Kier molecular flexibility index (Phi) is 4.90. The van der Waals surface area contributed by atoms with Crippen LogP contribution in [0.25, 0.3) is 0 Å². The van der Waals surface area contributed by atoms with E-state index in [0.29, 0.717) is 7.11 Å². The molecule has 1 aromatic rings. The first-order valence-corrected chi connectivity index (χ1v) is 6.24. The van der Waals surface area contributed by atoms with Crippen LogP contribution in [0, 0.1) is 0 Å². The monoisotopic (exact) mass is 311 g/mol. The first-order valence-electron chi connectivity index (χ1n) is 5.42. The number of alkyl halides is 4. The van der Waals surface area contributed by atoms with E-state index >= 15 is 0 Å². The smallest absolute Gasteiger partial charge is 0.443 e. The first kappa shape index (κ1) is 16.6. The molecule has 20 heavy (non-hydrogen) atoms. The Morgan fingerprint density at radius 1 is 1.15 bits per heavy atom. The van der Waals surface area contributed by atoms with Crippen LogP contribution >= 0.6 is 11.8 Å². The standard InChI is InChI=1S/C12H13F4NO2S/c1-17(2)8-4-6-9(7-5-8)20-11(13,10(18)19-3)12(14,15)16/h4-7H,1-3H3/t11-/m1/s1. The van der Waals surface area contributed by atoms with Crippen LogP contribution in [0.2, 0.25) is 0 Å². The fraction of sp³-hybridized carbons (Fsp3) is 0.417. The third kappa shape index (κ3) is 3.36. The number of halogens is 4. The summed E-state index contributed by atoms with van der Waals surface area (Å²) in [5.74, 6) is -1.98. The van der Waals surface area contributed by atoms with Crippen molar-refractivity contribution in [3.63, 3.8) is 0 Å². The van der Waals surface area contributed by atoms with E-state index in [-0.39, 0.29) is 16.7 Å². The maximum atomic E-state index is 14.0. The zero-order chi connectivity index (χ0) is 15.6. The van der Waals surface area contributed by atoms with E-state index in [4.69, 9.17) is 0 Å². The highest BCUT2D eigenvalue weighted by molar-refractivity contribution is 8.01. The number of hydrogen-bond donors (Lipinski definition) is 0. The summed E-state index contributed by atoms with van der Waals surface area (Å²) in [5.41, 5.74) is 0.740. The molecule has 1 aromatic carbocycles. The highest BCUT2D eigenvalue weighted by Gasteiger charge is 2.64. The molecule has 0 aliphatic carbocycles. The molecule has 8 heteroatoms. The number of carbonyl (C=O) groups is 1. The van der Waals surface area contributed by atoms with Gasteiger partial charge in [-0.25, -0.2) is 9.18 Å². The Labute approximate surface area is 117 Å². The number of rotatable bonds is 4. The largest absolute Gasteiger partial charge is 0.466 e. The van der Waals surface area contributed by atoms with E-state index in [1.165, 1.54) is 24.3 Å². The summed E-state index contributed by atoms with van der Waals surface area (Å²) in [4.78, 5) is 12.8. The maximum Gasteiger partial charge on any atom is 0.443 e. The molecule has 112 valence electrons. The molecule has 0 unspecified atom stereocenters. The molecule has 0 radical (unpaired) electrons. The zero-order valence-electron chi connectivity index (χ0n) is 11.0. The quantitative estimate of drug-likeness (QED) is 0.485. The molecule has 0 aliphatic heterocycles. The van der Waals surface area contributed by atoms with Gasteiger partial charge in [-0.1, -0.05) is 11.8 Å². The van der Waals surface area contributed by atoms with Gasteiger partial charge in [-0.05, 0) is 24.3 Å². The lowest BCUT2D eigenvalue weighted by molar-refractivity contribution is -0.209. The second-order valence-corrected chi connectivity index (χ2v) is 5.31. The zero-order valence-corrected chi connectivity index (χ0v) is 11.8. The van der Waals surface area contributed by atoms with Crippen molar-refractivity contribution in [3.05, 3.63) is 24.3 Å². The lowest BCUT2D eigenvalue weighted by Gasteiger charge is -2.24. The van der Waals surface area contributed by atoms with Gasteiger partial charge in [-0.15, -0.1) is 0 Å². The summed E-state index contributed by atoms with van der Waals surface area (Å²) in [6, 6.07) is 5.67. The SMILES string of the molecule is COC(=O)[C@@](F)(Sc1ccc(N(C)C)cc1)C(F)(F)F. The maximum absolute atomic E-state index is 14.0. The van der Waals surface area contributed by atoms with Crippen molar-refractivity contribution in [2.75, 3.05) is 26.1 Å². The van der Waals surface area contributed by atoms with E-state index in [2.05, 4.69) is 4.74 Å². The van der Waals surface area contributed by atoms with E-state index in [1.54, 1.807) is 19.0 Å². The molecule has 0 amide bonds. The molecule has 0 heterocycles. The number of carbonyl (C=O) groups excluding carboxylic acids is 1. The second-order valence-electron chi connectivity index (χ2n) is 4.07. The van der Waals surface area contributed by atoms with Crippen molar-refractivity contribution in [1.29, 1.82) is 0 Å². The fourth-order valence-corrected chi connectivity index (χ4v) is 2.20. The number of methoxy groups -OCH3 is 1. The number of nitrogens with zero attached hydrogens (tertiary/aromatic N) is 1. The average Bonchev–Trinajstić information content (AvgIpc) is 2.36. The predicted octanol–water partition coefficient (Wildman–Crippen LogP) is 3.25. The summed E-state index contributed by atoms with van der Waals surface area (Å²) in [7, 11) is 4.22. The van der Waals surface area contributed by atoms with Crippen LogP contribution in [-0.2, 0) is 9.53 Å². The van der Waals surface area contributed by atoms with E-state index < -0.39 is 17.1 Å². The van der Waals surface area contributed by atoms with E-state index in [0.717, 1.165) is 5.69 Å². The van der Waals surface area contributed by atoms with Crippen molar-refractivity contribution < 1.29 is 27.1 Å². The number of anilines is 1. The lowest BCUT2D eigenvalue weighted by Crippen LogP contribution is -2.45. The molecule has 3 nitrogen and oxygen atoms in total. The highest BCUT2D eigenvalue weighted by atomic mass is 32.2. The topological polar surface area (TPSA) is 29.5 Å². The van der Waals surface area contributed by atoms with Gasteiger partial charge in [0.2, 0.25) is 0 Å². The molecule has 0 spiro atoms. The van der Waals surface area contributed by atoms with Crippen molar-refractivity contribution in [3.8, 4) is 0 Å². The normalized spacial score (nSPS) is 14.6. The Hall–Kier alpha value is -1.44. The van der Waals surface area contributed by atoms with Gasteiger partial charge in [0.1, 0.15) is 0 Å². The number of benzene rings is 1. The van der Waals surface area contributed by atoms with E-state index in [9.17, 15) is 22.4 Å². The van der Waals surface area contributed by atoms with Gasteiger partial charge in [0.25, 0.3) is 0 Å². The molecule has 0 N–H and O–H groups in total. The van der Waals surface area contributed by atoms with Crippen molar-refractivity contribution in [1.82, 2.24) is 0 Å². The minimum atomic E-state index is -5.37. The number of esters is 1. The fourth-order valence-electron chi connectivity index (χ4n) is 1.32. The van der Waals surface area contributed by atoms with Crippen LogP contribution in [0.1, 0.15) is 0 Å². The van der Waals surface area contributed by atoms with Gasteiger partial charge in [0.05, 0.1) is 7.11 Å². The molecule has 0 fully saturated rings. The van der Waals surface area contributed by atoms with Crippen molar-refractivity contribution in [2.45, 2.75) is 16.1 Å². The number of thioether (sulfide) groups is 1. The van der Waals surface area contributed by atoms with Gasteiger partial charge < -0.3 is 9.64 Å². The second kappa shape index (κ2) is 5.90. The van der Waals surface area contributed by atoms with Gasteiger partial charge in [-0.3, -0.25) is 0 Å². The molecule has 0 saturated heterocycles. The first-order chi connectivity index (χ1) is 9.11. The van der Waals surface area contributed by atoms with Crippen molar-refractivity contribution in [2.24, 2.45) is 0 Å². The Morgan fingerprint density at radius 3 is 2.00 bits per heavy atom. The summed E-state index contributed by atoms with van der Waals surface area (Å²) in [6.07, 6.45) is -5.37. The summed E-state index contributed by atoms with van der Waals surface area (Å²) >= 11 is -0.234. The summed E-state index contributed by atoms with van der Waals surface area (Å²) < 4.78 is 56.1. The van der Waals surface area contributed by atoms with Crippen LogP contribution in [0.3, 0.4) is 0 Å². The predicted molar refractivity (Wildman–Crippen MR) is 68.5 cm³/mol. The van der Waals surface area contributed by atoms with Crippen LogP contribution in [0.4, 0.5) is 23.2 Å². The Bertz CT molecular complexity index is 475. The highest BCUT2D eigenvalue weighted by Crippen LogP contribution is 2.47. The molecular weight excluding hydrogens is 298 g/mol. The molecule has 0 saturated carbocycles. The number of hydrogen-bond acceptors (Lipinski definition) is 4. The lowest BCUT2D eigenvalue weighted by atomic mass is 10.3.